The zero-order valence-corrected chi connectivity index (χ0v) is 18.1. The molecule has 2 heterocycles. The molecule has 166 valence electrons. The van der Waals surface area contributed by atoms with Crippen molar-refractivity contribution in [1.82, 2.24) is 15.5 Å². The van der Waals surface area contributed by atoms with E-state index in [0.717, 1.165) is 6.42 Å². The summed E-state index contributed by atoms with van der Waals surface area (Å²) in [6.07, 6.45) is 0.0374. The van der Waals surface area contributed by atoms with E-state index in [2.05, 4.69) is 22.8 Å². The number of benzene rings is 2. The molecule has 3 N–H and O–H groups in total. The minimum Gasteiger partial charge on any atom is -0.390 e. The van der Waals surface area contributed by atoms with Crippen LogP contribution in [0.1, 0.15) is 31.8 Å². The first-order chi connectivity index (χ1) is 14.6. The normalized spacial score (nSPS) is 19.0. The summed E-state index contributed by atoms with van der Waals surface area (Å²) in [6, 6.07) is 14.7. The van der Waals surface area contributed by atoms with Crippen LogP contribution in [0.5, 0.6) is 0 Å². The number of halogens is 1. The van der Waals surface area contributed by atoms with Gasteiger partial charge in [-0.05, 0) is 41.8 Å². The molecule has 1 saturated heterocycles. The molecule has 0 radical (unpaired) electrons. The predicted octanol–water partition coefficient (Wildman–Crippen LogP) is 1.39. The molecule has 2 aliphatic rings. The number of fused-ring (bicyclic) bond motifs is 1. The second kappa shape index (κ2) is 10.7. The number of amides is 2. The van der Waals surface area contributed by atoms with Crippen LogP contribution in [0.3, 0.4) is 0 Å². The molecule has 0 bridgehead atoms. The Balaban J connectivity index is 0.00000272. The first-order valence-corrected chi connectivity index (χ1v) is 10.4. The van der Waals surface area contributed by atoms with Crippen LogP contribution in [0, 0.1) is 0 Å². The van der Waals surface area contributed by atoms with Gasteiger partial charge in [0.1, 0.15) is 0 Å². The van der Waals surface area contributed by atoms with E-state index in [4.69, 9.17) is 4.74 Å². The van der Waals surface area contributed by atoms with E-state index >= 15 is 0 Å². The van der Waals surface area contributed by atoms with Gasteiger partial charge in [-0.25, -0.2) is 0 Å². The van der Waals surface area contributed by atoms with Gasteiger partial charge >= 0.3 is 0 Å². The maximum Gasteiger partial charge on any atom is 0.254 e. The molecule has 0 spiro atoms. The Morgan fingerprint density at radius 2 is 1.71 bits per heavy atom. The first kappa shape index (κ1) is 23.2. The van der Waals surface area contributed by atoms with Crippen molar-refractivity contribution < 1.29 is 19.4 Å². The predicted molar refractivity (Wildman–Crippen MR) is 120 cm³/mol. The monoisotopic (exact) mass is 445 g/mol. The van der Waals surface area contributed by atoms with Gasteiger partial charge in [-0.3, -0.25) is 9.59 Å². The SMILES string of the molecule is Cl.O=C(NC[C@@H](O)[C@@H]1Cc2ccccc2CN1)c1ccc(C(=O)N2CCOCC2)cc1. The highest BCUT2D eigenvalue weighted by Crippen LogP contribution is 2.18. The van der Waals surface area contributed by atoms with Gasteiger partial charge in [0, 0.05) is 43.3 Å². The molecule has 2 amide bonds. The van der Waals surface area contributed by atoms with Gasteiger partial charge in [0.2, 0.25) is 0 Å². The highest BCUT2D eigenvalue weighted by Gasteiger charge is 2.25. The summed E-state index contributed by atoms with van der Waals surface area (Å²) in [5, 5.41) is 16.6. The van der Waals surface area contributed by atoms with Crippen molar-refractivity contribution in [3.05, 3.63) is 70.8 Å². The lowest BCUT2D eigenvalue weighted by atomic mass is 9.93. The van der Waals surface area contributed by atoms with Crippen molar-refractivity contribution in [2.45, 2.75) is 25.1 Å². The lowest BCUT2D eigenvalue weighted by molar-refractivity contribution is 0.0303. The zero-order chi connectivity index (χ0) is 20.9. The molecule has 7 nitrogen and oxygen atoms in total. The molecule has 0 aliphatic carbocycles. The number of hydrogen-bond donors (Lipinski definition) is 3. The van der Waals surface area contributed by atoms with Crippen molar-refractivity contribution in [2.24, 2.45) is 0 Å². The minimum absolute atomic E-state index is 0. The highest BCUT2D eigenvalue weighted by molar-refractivity contribution is 5.97. The van der Waals surface area contributed by atoms with E-state index in [-0.39, 0.29) is 36.8 Å². The molecule has 31 heavy (non-hydrogen) atoms. The second-order valence-electron chi connectivity index (χ2n) is 7.72. The topological polar surface area (TPSA) is 90.9 Å². The Bertz CT molecular complexity index is 900. The molecule has 0 unspecified atom stereocenters. The van der Waals surface area contributed by atoms with E-state index in [1.165, 1.54) is 11.1 Å². The largest absolute Gasteiger partial charge is 0.390 e. The van der Waals surface area contributed by atoms with Gasteiger partial charge < -0.3 is 25.4 Å². The fraction of sp³-hybridized carbons (Fsp3) is 0.391. The van der Waals surface area contributed by atoms with E-state index in [9.17, 15) is 14.7 Å². The first-order valence-electron chi connectivity index (χ1n) is 10.4. The quantitative estimate of drug-likeness (QED) is 0.647. The number of aliphatic hydroxyl groups is 1. The number of nitrogens with one attached hydrogen (secondary N) is 2. The summed E-state index contributed by atoms with van der Waals surface area (Å²) >= 11 is 0. The summed E-state index contributed by atoms with van der Waals surface area (Å²) in [6.45, 7) is 3.14. The van der Waals surface area contributed by atoms with E-state index in [0.29, 0.717) is 44.0 Å². The van der Waals surface area contributed by atoms with Crippen LogP contribution in [0.4, 0.5) is 0 Å². The summed E-state index contributed by atoms with van der Waals surface area (Å²) < 4.78 is 5.27. The fourth-order valence-electron chi connectivity index (χ4n) is 3.91. The minimum atomic E-state index is -0.690. The van der Waals surface area contributed by atoms with E-state index in [1.807, 2.05) is 12.1 Å². The lowest BCUT2D eigenvalue weighted by Crippen LogP contribution is -2.49. The van der Waals surface area contributed by atoms with Gasteiger partial charge in [0.15, 0.2) is 0 Å². The zero-order valence-electron chi connectivity index (χ0n) is 17.3. The number of carbonyl (C=O) groups is 2. The van der Waals surface area contributed by atoms with Gasteiger partial charge in [-0.1, -0.05) is 24.3 Å². The molecule has 1 fully saturated rings. The van der Waals surface area contributed by atoms with Crippen molar-refractivity contribution >= 4 is 24.2 Å². The van der Waals surface area contributed by atoms with Gasteiger partial charge in [0.05, 0.1) is 19.3 Å². The Morgan fingerprint density at radius 1 is 1.06 bits per heavy atom. The maximum absolute atomic E-state index is 12.5. The highest BCUT2D eigenvalue weighted by atomic mass is 35.5. The number of ether oxygens (including phenoxy) is 1. The third-order valence-electron chi connectivity index (χ3n) is 5.74. The molecule has 4 rings (SSSR count). The van der Waals surface area contributed by atoms with Crippen LogP contribution in [-0.4, -0.2) is 66.8 Å². The number of rotatable bonds is 5. The van der Waals surface area contributed by atoms with Crippen molar-refractivity contribution in [3.63, 3.8) is 0 Å². The van der Waals surface area contributed by atoms with Crippen molar-refractivity contribution in [3.8, 4) is 0 Å². The molecule has 2 aliphatic heterocycles. The number of hydrogen-bond acceptors (Lipinski definition) is 5. The standard InChI is InChI=1S/C23H27N3O4.ClH/c27-21(20-13-18-3-1-2-4-19(18)14-24-20)15-25-22(28)16-5-7-17(8-6-16)23(29)26-9-11-30-12-10-26;/h1-8,20-21,24,27H,9-15H2,(H,25,28);1H/t20-,21+;/m0./s1. The van der Waals surface area contributed by atoms with Crippen molar-refractivity contribution in [2.75, 3.05) is 32.8 Å². The fourth-order valence-corrected chi connectivity index (χ4v) is 3.91. The van der Waals surface area contributed by atoms with Crippen LogP contribution in [0.2, 0.25) is 0 Å². The number of carbonyl (C=O) groups excluding carboxylic acids is 2. The maximum atomic E-state index is 12.5. The third-order valence-corrected chi connectivity index (χ3v) is 5.74. The van der Waals surface area contributed by atoms with Crippen LogP contribution in [-0.2, 0) is 17.7 Å². The van der Waals surface area contributed by atoms with Crippen LogP contribution in [0.15, 0.2) is 48.5 Å². The molecule has 2 aromatic rings. The molecule has 8 heteroatoms. The summed E-state index contributed by atoms with van der Waals surface area (Å²) in [4.78, 5) is 26.7. The summed E-state index contributed by atoms with van der Waals surface area (Å²) in [5.41, 5.74) is 3.49. The molecular formula is C23H28ClN3O4. The van der Waals surface area contributed by atoms with Crippen LogP contribution in [0.25, 0.3) is 0 Å². The van der Waals surface area contributed by atoms with E-state index in [1.54, 1.807) is 29.2 Å². The average Bonchev–Trinajstić information content (AvgIpc) is 2.82. The lowest BCUT2D eigenvalue weighted by Gasteiger charge is -2.30. The molecular weight excluding hydrogens is 418 g/mol. The summed E-state index contributed by atoms with van der Waals surface area (Å²) in [5.74, 6) is -0.319. The van der Waals surface area contributed by atoms with Gasteiger partial charge in [0.25, 0.3) is 11.8 Å². The number of nitrogens with zero attached hydrogens (tertiary/aromatic N) is 1. The average molecular weight is 446 g/mol. The van der Waals surface area contributed by atoms with Crippen molar-refractivity contribution in [1.29, 1.82) is 0 Å². The van der Waals surface area contributed by atoms with Crippen LogP contribution < -0.4 is 10.6 Å². The molecule has 0 saturated carbocycles. The van der Waals surface area contributed by atoms with Crippen LogP contribution >= 0.6 is 12.4 Å². The molecule has 2 aromatic carbocycles. The van der Waals surface area contributed by atoms with Gasteiger partial charge in [-0.15, -0.1) is 12.4 Å². The molecule has 0 aromatic heterocycles. The number of aliphatic hydroxyl groups excluding tert-OH is 1. The number of morpholine rings is 1. The van der Waals surface area contributed by atoms with Gasteiger partial charge in [-0.2, -0.15) is 0 Å². The van der Waals surface area contributed by atoms with E-state index < -0.39 is 6.10 Å². The Morgan fingerprint density at radius 3 is 2.42 bits per heavy atom. The Labute approximate surface area is 188 Å². The third kappa shape index (κ3) is 5.62. The second-order valence-corrected chi connectivity index (χ2v) is 7.72. The summed E-state index contributed by atoms with van der Waals surface area (Å²) in [7, 11) is 0. The Kier molecular flexibility index (Phi) is 8.03. The Hall–Kier alpha value is -2.45. The molecule has 2 atom stereocenters. The smallest absolute Gasteiger partial charge is 0.254 e.